The van der Waals surface area contributed by atoms with E-state index in [1.165, 1.54) is 15.0 Å². The lowest BCUT2D eigenvalue weighted by Crippen LogP contribution is -1.83. The molecule has 0 aliphatic carbocycles. The number of rotatable bonds is 2. The Bertz CT molecular complexity index is 462. The number of hydrogen-bond donors (Lipinski definition) is 1. The molecule has 1 heterocycles. The highest BCUT2D eigenvalue weighted by Crippen LogP contribution is 2.31. The second-order valence-electron chi connectivity index (χ2n) is 3.21. The van der Waals surface area contributed by atoms with Crippen molar-refractivity contribution >= 4 is 37.4 Å². The first-order chi connectivity index (χ1) is 6.74. The number of aliphatic hydroxyl groups is 1. The predicted octanol–water partition coefficient (Wildman–Crippen LogP) is 3.72. The zero-order chi connectivity index (χ0) is 10.1. The van der Waals surface area contributed by atoms with Crippen molar-refractivity contribution in [3.63, 3.8) is 0 Å². The summed E-state index contributed by atoms with van der Waals surface area (Å²) in [5.74, 6) is 0. The third-order valence-corrected chi connectivity index (χ3v) is 4.24. The Balaban J connectivity index is 2.64. The number of halogens is 1. The molecule has 0 fully saturated rings. The van der Waals surface area contributed by atoms with Crippen LogP contribution in [-0.2, 0) is 13.0 Å². The Hall–Kier alpha value is -0.380. The van der Waals surface area contributed by atoms with Crippen molar-refractivity contribution in [3.8, 4) is 0 Å². The minimum absolute atomic E-state index is 0.0911. The first-order valence-corrected chi connectivity index (χ1v) is 6.17. The Morgan fingerprint density at radius 1 is 1.36 bits per heavy atom. The van der Waals surface area contributed by atoms with Gasteiger partial charge in [0.25, 0.3) is 0 Å². The molecule has 14 heavy (non-hydrogen) atoms. The summed E-state index contributed by atoms with van der Waals surface area (Å²) in [7, 11) is 0. The Kier molecular flexibility index (Phi) is 2.91. The van der Waals surface area contributed by atoms with Gasteiger partial charge in [-0.2, -0.15) is 0 Å². The van der Waals surface area contributed by atoms with Crippen molar-refractivity contribution in [3.05, 3.63) is 33.1 Å². The molecule has 0 bridgehead atoms. The lowest BCUT2D eigenvalue weighted by molar-refractivity contribution is 0.281. The fraction of sp³-hybridized carbons (Fsp3) is 0.273. The molecule has 3 heteroatoms. The smallest absolute Gasteiger partial charge is 0.0693 e. The molecule has 0 radical (unpaired) electrons. The van der Waals surface area contributed by atoms with Crippen molar-refractivity contribution in [2.45, 2.75) is 20.0 Å². The third-order valence-electron chi connectivity index (χ3n) is 2.26. The van der Waals surface area contributed by atoms with E-state index in [1.54, 1.807) is 0 Å². The molecule has 0 saturated heterocycles. The molecule has 0 saturated carbocycles. The summed E-state index contributed by atoms with van der Waals surface area (Å²) in [6.07, 6.45) is 1.07. The number of benzene rings is 1. The van der Waals surface area contributed by atoms with Crippen LogP contribution >= 0.6 is 27.3 Å². The van der Waals surface area contributed by atoms with E-state index in [4.69, 9.17) is 5.11 Å². The lowest BCUT2D eigenvalue weighted by atomic mass is 10.1. The molecule has 0 unspecified atom stereocenters. The normalized spacial score (nSPS) is 11.1. The maximum atomic E-state index is 9.12. The maximum absolute atomic E-state index is 9.12. The molecule has 0 amide bonds. The summed E-state index contributed by atoms with van der Waals surface area (Å²) in [5, 5.41) is 10.4. The SMILES string of the molecule is CCc1cc2cc(CO)c(Br)cc2s1. The molecule has 1 aromatic carbocycles. The van der Waals surface area contributed by atoms with Crippen LogP contribution in [0.15, 0.2) is 22.7 Å². The van der Waals surface area contributed by atoms with Crippen LogP contribution in [0, 0.1) is 0 Å². The number of aryl methyl sites for hydroxylation is 1. The van der Waals surface area contributed by atoms with E-state index in [-0.39, 0.29) is 6.61 Å². The van der Waals surface area contributed by atoms with E-state index in [0.717, 1.165) is 16.5 Å². The third kappa shape index (κ3) is 1.72. The molecule has 74 valence electrons. The van der Waals surface area contributed by atoms with Crippen LogP contribution in [0.1, 0.15) is 17.4 Å². The van der Waals surface area contributed by atoms with Gasteiger partial charge in [-0.3, -0.25) is 0 Å². The standard InChI is InChI=1S/C11H11BrOS/c1-2-9-4-7-3-8(6-13)10(12)5-11(7)14-9/h3-5,13H,2,6H2,1H3. The quantitative estimate of drug-likeness (QED) is 0.882. The lowest BCUT2D eigenvalue weighted by Gasteiger charge is -1.99. The van der Waals surface area contributed by atoms with E-state index >= 15 is 0 Å². The summed E-state index contributed by atoms with van der Waals surface area (Å²) >= 11 is 5.27. The molecule has 0 aliphatic heterocycles. The number of hydrogen-bond acceptors (Lipinski definition) is 2. The molecule has 1 N–H and O–H groups in total. The largest absolute Gasteiger partial charge is 0.392 e. The van der Waals surface area contributed by atoms with Gasteiger partial charge in [0, 0.05) is 14.0 Å². The predicted molar refractivity (Wildman–Crippen MR) is 64.8 cm³/mol. The van der Waals surface area contributed by atoms with E-state index in [0.29, 0.717) is 0 Å². The van der Waals surface area contributed by atoms with Crippen LogP contribution in [0.25, 0.3) is 10.1 Å². The van der Waals surface area contributed by atoms with Crippen molar-refractivity contribution < 1.29 is 5.11 Å². The Morgan fingerprint density at radius 2 is 2.14 bits per heavy atom. The highest BCUT2D eigenvalue weighted by atomic mass is 79.9. The molecule has 1 aromatic heterocycles. The summed E-state index contributed by atoms with van der Waals surface area (Å²) in [5.41, 5.74) is 0.956. The van der Waals surface area contributed by atoms with Gasteiger partial charge in [0.05, 0.1) is 6.61 Å². The first-order valence-electron chi connectivity index (χ1n) is 4.56. The van der Waals surface area contributed by atoms with Gasteiger partial charge in [0.1, 0.15) is 0 Å². The van der Waals surface area contributed by atoms with Crippen LogP contribution in [-0.4, -0.2) is 5.11 Å². The van der Waals surface area contributed by atoms with Crippen LogP contribution in [0.4, 0.5) is 0 Å². The van der Waals surface area contributed by atoms with Crippen molar-refractivity contribution in [1.82, 2.24) is 0 Å². The van der Waals surface area contributed by atoms with Crippen LogP contribution in [0.3, 0.4) is 0 Å². The summed E-state index contributed by atoms with van der Waals surface area (Å²) in [4.78, 5) is 1.39. The molecule has 0 aliphatic rings. The van der Waals surface area contributed by atoms with Gasteiger partial charge in [0.2, 0.25) is 0 Å². The van der Waals surface area contributed by atoms with Crippen LogP contribution in [0.2, 0.25) is 0 Å². The van der Waals surface area contributed by atoms with E-state index in [2.05, 4.69) is 41.1 Å². The van der Waals surface area contributed by atoms with Crippen molar-refractivity contribution in [2.24, 2.45) is 0 Å². The van der Waals surface area contributed by atoms with E-state index < -0.39 is 0 Å². The van der Waals surface area contributed by atoms with Gasteiger partial charge in [-0.25, -0.2) is 0 Å². The average molecular weight is 271 g/mol. The van der Waals surface area contributed by atoms with E-state index in [1.807, 2.05) is 11.3 Å². The first kappa shape index (κ1) is 10.1. The van der Waals surface area contributed by atoms with Crippen LogP contribution < -0.4 is 0 Å². The molecule has 2 rings (SSSR count). The van der Waals surface area contributed by atoms with Gasteiger partial charge >= 0.3 is 0 Å². The number of aliphatic hydroxyl groups excluding tert-OH is 1. The molecule has 1 nitrogen and oxygen atoms in total. The second-order valence-corrected chi connectivity index (χ2v) is 5.23. The van der Waals surface area contributed by atoms with Crippen LogP contribution in [0.5, 0.6) is 0 Å². The van der Waals surface area contributed by atoms with Gasteiger partial charge in [-0.15, -0.1) is 11.3 Å². The molecular formula is C11H11BrOS. The van der Waals surface area contributed by atoms with E-state index in [9.17, 15) is 0 Å². The van der Waals surface area contributed by atoms with Crippen molar-refractivity contribution in [2.75, 3.05) is 0 Å². The van der Waals surface area contributed by atoms with Gasteiger partial charge in [-0.1, -0.05) is 22.9 Å². The summed E-state index contributed by atoms with van der Waals surface area (Å²) in [6, 6.07) is 6.34. The average Bonchev–Trinajstić information content (AvgIpc) is 2.58. The number of fused-ring (bicyclic) bond motifs is 1. The number of thiophene rings is 1. The molecule has 2 aromatic rings. The second kappa shape index (κ2) is 4.01. The topological polar surface area (TPSA) is 20.2 Å². The fourth-order valence-corrected chi connectivity index (χ4v) is 3.11. The summed E-state index contributed by atoms with van der Waals surface area (Å²) in [6.45, 7) is 2.25. The zero-order valence-electron chi connectivity index (χ0n) is 7.88. The highest BCUT2D eigenvalue weighted by molar-refractivity contribution is 9.10. The fourth-order valence-electron chi connectivity index (χ4n) is 1.46. The molecular weight excluding hydrogens is 260 g/mol. The highest BCUT2D eigenvalue weighted by Gasteiger charge is 2.05. The van der Waals surface area contributed by atoms with Crippen molar-refractivity contribution in [1.29, 1.82) is 0 Å². The maximum Gasteiger partial charge on any atom is 0.0693 e. The Morgan fingerprint density at radius 3 is 2.79 bits per heavy atom. The molecule has 0 atom stereocenters. The summed E-state index contributed by atoms with van der Waals surface area (Å²) < 4.78 is 2.28. The monoisotopic (exact) mass is 270 g/mol. The molecule has 0 spiro atoms. The van der Waals surface area contributed by atoms with Gasteiger partial charge in [-0.05, 0) is 35.6 Å². The zero-order valence-corrected chi connectivity index (χ0v) is 10.3. The minimum Gasteiger partial charge on any atom is -0.392 e. The van der Waals surface area contributed by atoms with Gasteiger partial charge < -0.3 is 5.11 Å². The minimum atomic E-state index is 0.0911. The van der Waals surface area contributed by atoms with Gasteiger partial charge in [0.15, 0.2) is 0 Å². The Labute approximate surface area is 95.5 Å².